The molecule has 0 unspecified atom stereocenters. The van der Waals surface area contributed by atoms with E-state index < -0.39 is 0 Å². The van der Waals surface area contributed by atoms with E-state index in [0.717, 1.165) is 49.1 Å². The van der Waals surface area contributed by atoms with Crippen molar-refractivity contribution in [2.24, 2.45) is 5.41 Å². The monoisotopic (exact) mass is 394 g/mol. The number of aryl methyl sites for hydroxylation is 1. The van der Waals surface area contributed by atoms with Crippen molar-refractivity contribution >= 4 is 11.7 Å². The smallest absolute Gasteiger partial charge is 0.223 e. The highest BCUT2D eigenvalue weighted by Crippen LogP contribution is 2.31. The number of benzene rings is 1. The molecule has 1 aliphatic rings. The first-order valence-corrected chi connectivity index (χ1v) is 10.6. The van der Waals surface area contributed by atoms with E-state index in [9.17, 15) is 4.79 Å². The van der Waals surface area contributed by atoms with Crippen molar-refractivity contribution in [2.75, 3.05) is 31.1 Å². The molecule has 2 heterocycles. The van der Waals surface area contributed by atoms with Gasteiger partial charge in [-0.3, -0.25) is 4.79 Å². The third-order valence-electron chi connectivity index (χ3n) is 5.34. The second-order valence-electron chi connectivity index (χ2n) is 9.50. The molecule has 1 amide bonds. The fourth-order valence-corrected chi connectivity index (χ4v) is 3.93. The Kier molecular flexibility index (Phi) is 6.25. The van der Waals surface area contributed by atoms with Crippen LogP contribution in [-0.4, -0.2) is 47.0 Å². The third kappa shape index (κ3) is 5.14. The molecule has 3 rings (SSSR count). The maximum atomic E-state index is 12.6. The lowest BCUT2D eigenvalue weighted by atomic mass is 9.91. The number of rotatable bonds is 4. The Morgan fingerprint density at radius 2 is 1.66 bits per heavy atom. The molecule has 1 aromatic heterocycles. The summed E-state index contributed by atoms with van der Waals surface area (Å²) in [7, 11) is 0. The summed E-state index contributed by atoms with van der Waals surface area (Å²) < 4.78 is 0. The molecule has 2 aromatic rings. The Bertz CT molecular complexity index is 847. The van der Waals surface area contributed by atoms with Crippen molar-refractivity contribution in [3.8, 4) is 11.4 Å². The fourth-order valence-electron chi connectivity index (χ4n) is 3.93. The van der Waals surface area contributed by atoms with Crippen LogP contribution in [0.1, 0.15) is 58.2 Å². The van der Waals surface area contributed by atoms with Crippen molar-refractivity contribution in [3.63, 3.8) is 0 Å². The summed E-state index contributed by atoms with van der Waals surface area (Å²) >= 11 is 0. The summed E-state index contributed by atoms with van der Waals surface area (Å²) in [5.74, 6) is 2.39. The second kappa shape index (κ2) is 8.52. The van der Waals surface area contributed by atoms with Gasteiger partial charge in [-0.15, -0.1) is 0 Å². The van der Waals surface area contributed by atoms with Gasteiger partial charge in [-0.1, -0.05) is 65.0 Å². The van der Waals surface area contributed by atoms with Crippen LogP contribution in [0.25, 0.3) is 11.4 Å². The molecule has 156 valence electrons. The van der Waals surface area contributed by atoms with Crippen LogP contribution in [0.4, 0.5) is 5.82 Å². The molecule has 1 saturated heterocycles. The molecule has 1 aliphatic heterocycles. The molecular weight excluding hydrogens is 360 g/mol. The van der Waals surface area contributed by atoms with Crippen LogP contribution in [-0.2, 0) is 4.79 Å². The predicted octanol–water partition coefficient (Wildman–Crippen LogP) is 4.66. The van der Waals surface area contributed by atoms with E-state index >= 15 is 0 Å². The van der Waals surface area contributed by atoms with Gasteiger partial charge >= 0.3 is 0 Å². The van der Waals surface area contributed by atoms with Gasteiger partial charge in [-0.2, -0.15) is 0 Å². The molecule has 5 heteroatoms. The quantitative estimate of drug-likeness (QED) is 0.757. The summed E-state index contributed by atoms with van der Waals surface area (Å²) in [6, 6.07) is 10.1. The summed E-state index contributed by atoms with van der Waals surface area (Å²) in [6.45, 7) is 15.9. The number of hydrogen-bond donors (Lipinski definition) is 0. The van der Waals surface area contributed by atoms with Crippen LogP contribution < -0.4 is 4.90 Å². The molecule has 29 heavy (non-hydrogen) atoms. The highest BCUT2D eigenvalue weighted by atomic mass is 16.2. The van der Waals surface area contributed by atoms with Crippen molar-refractivity contribution in [1.29, 1.82) is 0 Å². The van der Waals surface area contributed by atoms with Gasteiger partial charge in [-0.25, -0.2) is 9.97 Å². The van der Waals surface area contributed by atoms with E-state index in [1.165, 1.54) is 5.56 Å². The zero-order valence-corrected chi connectivity index (χ0v) is 18.7. The van der Waals surface area contributed by atoms with Crippen LogP contribution in [0.2, 0.25) is 0 Å². The Balaban J connectivity index is 1.85. The van der Waals surface area contributed by atoms with E-state index in [-0.39, 0.29) is 11.3 Å². The van der Waals surface area contributed by atoms with Gasteiger partial charge < -0.3 is 9.80 Å². The lowest BCUT2D eigenvalue weighted by Crippen LogP contribution is -2.50. The Hall–Kier alpha value is -2.43. The van der Waals surface area contributed by atoms with Gasteiger partial charge in [0, 0.05) is 49.4 Å². The maximum Gasteiger partial charge on any atom is 0.223 e. The van der Waals surface area contributed by atoms with Crippen LogP contribution in [0, 0.1) is 12.3 Å². The molecule has 0 N–H and O–H groups in total. The number of carbonyl (C=O) groups is 1. The molecule has 0 radical (unpaired) electrons. The number of hydrogen-bond acceptors (Lipinski definition) is 4. The van der Waals surface area contributed by atoms with E-state index in [2.05, 4.69) is 58.6 Å². The van der Waals surface area contributed by atoms with E-state index in [0.29, 0.717) is 12.3 Å². The summed E-state index contributed by atoms with van der Waals surface area (Å²) in [6.07, 6.45) is 0.592. The van der Waals surface area contributed by atoms with Crippen LogP contribution >= 0.6 is 0 Å². The number of piperazine rings is 1. The molecule has 0 atom stereocenters. The van der Waals surface area contributed by atoms with Gasteiger partial charge in [0.05, 0.1) is 0 Å². The van der Waals surface area contributed by atoms with Gasteiger partial charge in [0.15, 0.2) is 5.82 Å². The first kappa shape index (κ1) is 21.3. The minimum absolute atomic E-state index is 0.0212. The van der Waals surface area contributed by atoms with Crippen molar-refractivity contribution in [3.05, 3.63) is 41.6 Å². The molecule has 1 aromatic carbocycles. The summed E-state index contributed by atoms with van der Waals surface area (Å²) in [5.41, 5.74) is 3.30. The van der Waals surface area contributed by atoms with E-state index in [1.54, 1.807) is 0 Å². The zero-order chi connectivity index (χ0) is 21.2. The van der Waals surface area contributed by atoms with Crippen molar-refractivity contribution in [2.45, 2.75) is 53.9 Å². The summed E-state index contributed by atoms with van der Waals surface area (Å²) in [5, 5.41) is 0. The van der Waals surface area contributed by atoms with Gasteiger partial charge in [-0.05, 0) is 18.3 Å². The van der Waals surface area contributed by atoms with Gasteiger partial charge in [0.2, 0.25) is 5.91 Å². The van der Waals surface area contributed by atoms with Crippen LogP contribution in [0.15, 0.2) is 30.3 Å². The molecule has 1 fully saturated rings. The SMILES string of the molecule is Cc1nc(-c2ccccc2)nc(N2CCN(C(=O)CC(C)(C)C)CC2)c1C(C)C. The highest BCUT2D eigenvalue weighted by molar-refractivity contribution is 5.77. The molecule has 0 spiro atoms. The van der Waals surface area contributed by atoms with Crippen LogP contribution in [0.3, 0.4) is 0 Å². The average Bonchev–Trinajstić information content (AvgIpc) is 2.66. The van der Waals surface area contributed by atoms with Crippen LogP contribution in [0.5, 0.6) is 0 Å². The Morgan fingerprint density at radius 3 is 2.21 bits per heavy atom. The largest absolute Gasteiger partial charge is 0.353 e. The lowest BCUT2D eigenvalue weighted by molar-refractivity contribution is -0.133. The number of amides is 1. The van der Waals surface area contributed by atoms with E-state index in [4.69, 9.17) is 9.97 Å². The minimum atomic E-state index is 0.0212. The zero-order valence-electron chi connectivity index (χ0n) is 18.7. The Morgan fingerprint density at radius 1 is 1.03 bits per heavy atom. The number of anilines is 1. The number of carbonyl (C=O) groups excluding carboxylic acids is 1. The number of nitrogens with zero attached hydrogens (tertiary/aromatic N) is 4. The normalized spacial score (nSPS) is 15.1. The Labute approximate surface area is 175 Å². The number of aromatic nitrogens is 2. The lowest BCUT2D eigenvalue weighted by Gasteiger charge is -2.38. The standard InChI is InChI=1S/C24H34N4O/c1-17(2)21-18(3)25-22(19-10-8-7-9-11-19)26-23(21)28-14-12-27(13-15-28)20(29)16-24(4,5)6/h7-11,17H,12-16H2,1-6H3. The van der Waals surface area contributed by atoms with E-state index in [1.807, 2.05) is 23.1 Å². The summed E-state index contributed by atoms with van der Waals surface area (Å²) in [4.78, 5) is 26.7. The molecular formula is C24H34N4O. The minimum Gasteiger partial charge on any atom is -0.353 e. The van der Waals surface area contributed by atoms with Gasteiger partial charge in [0.1, 0.15) is 5.82 Å². The average molecular weight is 395 g/mol. The predicted molar refractivity (Wildman–Crippen MR) is 119 cm³/mol. The maximum absolute atomic E-state index is 12.6. The highest BCUT2D eigenvalue weighted by Gasteiger charge is 2.27. The first-order valence-electron chi connectivity index (χ1n) is 10.6. The fraction of sp³-hybridized carbons (Fsp3) is 0.542. The first-order chi connectivity index (χ1) is 13.7. The molecule has 0 bridgehead atoms. The van der Waals surface area contributed by atoms with Crippen molar-refractivity contribution in [1.82, 2.24) is 14.9 Å². The van der Waals surface area contributed by atoms with Gasteiger partial charge in [0.25, 0.3) is 0 Å². The topological polar surface area (TPSA) is 49.3 Å². The third-order valence-corrected chi connectivity index (χ3v) is 5.34. The molecule has 5 nitrogen and oxygen atoms in total. The molecule has 0 aliphatic carbocycles. The van der Waals surface area contributed by atoms with Crippen molar-refractivity contribution < 1.29 is 4.79 Å². The second-order valence-corrected chi connectivity index (χ2v) is 9.50. The molecule has 0 saturated carbocycles.